The van der Waals surface area contributed by atoms with Crippen LogP contribution in [0, 0.1) is 86.4 Å². The van der Waals surface area contributed by atoms with E-state index in [1.807, 2.05) is 24.3 Å². The van der Waals surface area contributed by atoms with Crippen LogP contribution in [0.1, 0.15) is 12.8 Å². The summed E-state index contributed by atoms with van der Waals surface area (Å²) in [6.45, 7) is 0. The monoisotopic (exact) mass is 396 g/mol. The predicted molar refractivity (Wildman–Crippen MR) is 110 cm³/mol. The Hall–Kier alpha value is 0.319. The van der Waals surface area contributed by atoms with Gasteiger partial charge in [0.1, 0.15) is 0 Å². The zero-order valence-electron chi connectivity index (χ0n) is 17.3. The van der Waals surface area contributed by atoms with Crippen LogP contribution in [-0.2, 0) is 43.4 Å². The van der Waals surface area contributed by atoms with Gasteiger partial charge in [-0.2, -0.15) is 12.2 Å². The van der Waals surface area contributed by atoms with E-state index in [0.717, 1.165) is 12.8 Å². The van der Waals surface area contributed by atoms with Gasteiger partial charge in [0.15, 0.2) is 0 Å². The van der Waals surface area contributed by atoms with Gasteiger partial charge >= 0.3 is 0 Å². The second kappa shape index (κ2) is 95.3. The SMILES string of the molecule is F.[C-]1=CC=CC1.[C-]1=CC=CC1.[CH3-].[CH3-].[CH3-].[CH3-].[CH3-].[CH3-].[CH3-].[CH3-].[CH3-].[CH3-].[Ti].[Ti]. The summed E-state index contributed by atoms with van der Waals surface area (Å²) in [6.07, 6.45) is 20.0. The fourth-order valence-electron chi connectivity index (χ4n) is 0.680. The molecule has 0 spiro atoms. The standard InChI is InChI=1S/2C5H5.10CH3.FH.2Ti/c2*1-2-4-5-3-1;;;;;;;;;;;;;/h2*1-3H,4H2;10*1H3;1H;;/q12*-1;;;. The van der Waals surface area contributed by atoms with Crippen molar-refractivity contribution < 1.29 is 48.1 Å². The summed E-state index contributed by atoms with van der Waals surface area (Å²) in [7, 11) is 0. The normalized spacial score (nSPS) is 7.65. The number of hydrogen-bond acceptors (Lipinski definition) is 0. The van der Waals surface area contributed by atoms with Gasteiger partial charge in [0, 0.05) is 43.4 Å². The Morgan fingerprint density at radius 3 is 0.739 bits per heavy atom. The van der Waals surface area contributed by atoms with Gasteiger partial charge in [0.2, 0.25) is 0 Å². The summed E-state index contributed by atoms with van der Waals surface area (Å²) in [6, 6.07) is 0. The summed E-state index contributed by atoms with van der Waals surface area (Å²) < 4.78 is 0. The molecule has 0 fully saturated rings. The number of allylic oxidation sites excluding steroid dienone is 8. The molecule has 2 aliphatic rings. The van der Waals surface area contributed by atoms with Crippen LogP contribution >= 0.6 is 0 Å². The van der Waals surface area contributed by atoms with E-state index in [2.05, 4.69) is 24.3 Å². The topological polar surface area (TPSA) is 0 Å². The van der Waals surface area contributed by atoms with Gasteiger partial charge in [-0.3, -0.25) is 16.9 Å². The van der Waals surface area contributed by atoms with E-state index in [4.69, 9.17) is 0 Å². The van der Waals surface area contributed by atoms with Crippen LogP contribution in [-0.4, -0.2) is 0 Å². The van der Waals surface area contributed by atoms with Crippen LogP contribution < -0.4 is 0 Å². The number of hydrogen-bond donors (Lipinski definition) is 0. The molecule has 0 aromatic carbocycles. The van der Waals surface area contributed by atoms with Crippen molar-refractivity contribution >= 4 is 0 Å². The van der Waals surface area contributed by atoms with Crippen molar-refractivity contribution in [3.05, 3.63) is 123 Å². The fraction of sp³-hybridized carbons (Fsp3) is 0.100. The van der Waals surface area contributed by atoms with Crippen LogP contribution in [0.5, 0.6) is 0 Å². The molecule has 0 atom stereocenters. The van der Waals surface area contributed by atoms with Crippen molar-refractivity contribution in [2.75, 3.05) is 0 Å². The summed E-state index contributed by atoms with van der Waals surface area (Å²) in [5, 5.41) is 0. The Bertz CT molecular complexity index is 154. The van der Waals surface area contributed by atoms with Crippen LogP contribution in [0.3, 0.4) is 0 Å². The van der Waals surface area contributed by atoms with Crippen molar-refractivity contribution in [1.82, 2.24) is 0 Å². The molecule has 2 rings (SSSR count). The van der Waals surface area contributed by atoms with E-state index in [1.165, 1.54) is 0 Å². The van der Waals surface area contributed by atoms with Crippen molar-refractivity contribution in [2.24, 2.45) is 0 Å². The molecule has 3 heteroatoms. The molecule has 0 N–H and O–H groups in total. The fourth-order valence-corrected chi connectivity index (χ4v) is 0.680. The largest absolute Gasteiger partial charge is 0.358 e. The van der Waals surface area contributed by atoms with Gasteiger partial charge in [-0.25, -0.2) is 24.3 Å². The number of halogens is 1. The molecule has 148 valence electrons. The molecule has 0 aliphatic heterocycles. The van der Waals surface area contributed by atoms with E-state index in [9.17, 15) is 0 Å². The van der Waals surface area contributed by atoms with E-state index in [0.29, 0.717) is 0 Å². The Labute approximate surface area is 183 Å². The molecule has 0 aromatic heterocycles. The van der Waals surface area contributed by atoms with Crippen molar-refractivity contribution in [3.8, 4) is 0 Å². The zero-order chi connectivity index (χ0) is 7.07. The van der Waals surface area contributed by atoms with Gasteiger partial charge in [-0.15, -0.1) is 12.8 Å². The summed E-state index contributed by atoms with van der Waals surface area (Å²) >= 11 is 0. The summed E-state index contributed by atoms with van der Waals surface area (Å²) in [5.41, 5.74) is 0. The maximum atomic E-state index is 2.99. The molecule has 0 bridgehead atoms. The zero-order valence-corrected chi connectivity index (χ0v) is 20.4. The predicted octanol–water partition coefficient (Wildman–Crippen LogP) is 7.26. The van der Waals surface area contributed by atoms with E-state index in [1.54, 1.807) is 0 Å². The average Bonchev–Trinajstić information content (AvgIpc) is 2.67. The van der Waals surface area contributed by atoms with Gasteiger partial charge < -0.3 is 74.3 Å². The maximum absolute atomic E-state index is 2.99. The Morgan fingerprint density at radius 1 is 0.478 bits per heavy atom. The molecule has 0 saturated heterocycles. The van der Waals surface area contributed by atoms with Crippen molar-refractivity contribution in [3.63, 3.8) is 0 Å². The molecule has 0 aromatic rings. The van der Waals surface area contributed by atoms with E-state index in [-0.39, 0.29) is 122 Å². The first-order valence-electron chi connectivity index (χ1n) is 3.43. The Kier molecular flexibility index (Phi) is 452. The second-order valence-electron chi connectivity index (χ2n) is 2.01. The van der Waals surface area contributed by atoms with Crippen LogP contribution in [0.2, 0.25) is 0 Å². The molecule has 23 heavy (non-hydrogen) atoms. The molecular weight excluding hydrogens is 355 g/mol. The first-order valence-corrected chi connectivity index (χ1v) is 3.43. The number of rotatable bonds is 0. The maximum Gasteiger partial charge on any atom is 0 e. The summed E-state index contributed by atoms with van der Waals surface area (Å²) in [5.74, 6) is 0. The molecule has 0 amide bonds. The third-order valence-corrected chi connectivity index (χ3v) is 1.17. The third kappa shape index (κ3) is 86.5. The minimum Gasteiger partial charge on any atom is -0.358 e. The van der Waals surface area contributed by atoms with Crippen LogP contribution in [0.25, 0.3) is 0 Å². The van der Waals surface area contributed by atoms with Gasteiger partial charge in [-0.1, -0.05) is 0 Å². The first kappa shape index (κ1) is 109. The summed E-state index contributed by atoms with van der Waals surface area (Å²) in [4.78, 5) is 0. The molecule has 0 radical (unpaired) electrons. The molecule has 0 saturated carbocycles. The Balaban J connectivity index is -0.00000000505. The molecular formula is C20H41FTi2-12. The minimum atomic E-state index is 0. The average molecular weight is 396 g/mol. The van der Waals surface area contributed by atoms with Crippen LogP contribution in [0.4, 0.5) is 4.70 Å². The molecule has 0 heterocycles. The van der Waals surface area contributed by atoms with E-state index < -0.39 is 0 Å². The quantitative estimate of drug-likeness (QED) is 0.299. The van der Waals surface area contributed by atoms with E-state index >= 15 is 0 Å². The van der Waals surface area contributed by atoms with Gasteiger partial charge in [-0.05, 0) is 0 Å². The second-order valence-corrected chi connectivity index (χ2v) is 2.01. The first-order chi connectivity index (χ1) is 5.00. The minimum absolute atomic E-state index is 0. The van der Waals surface area contributed by atoms with Crippen LogP contribution in [0.15, 0.2) is 36.5 Å². The Morgan fingerprint density at radius 2 is 0.696 bits per heavy atom. The molecule has 0 nitrogen and oxygen atoms in total. The van der Waals surface area contributed by atoms with Gasteiger partial charge in [0.25, 0.3) is 0 Å². The molecule has 2 aliphatic carbocycles. The van der Waals surface area contributed by atoms with Crippen molar-refractivity contribution in [2.45, 2.75) is 12.8 Å². The molecule has 0 unspecified atom stereocenters. The van der Waals surface area contributed by atoms with Crippen molar-refractivity contribution in [1.29, 1.82) is 0 Å². The van der Waals surface area contributed by atoms with Gasteiger partial charge in [0.05, 0.1) is 0 Å². The third-order valence-electron chi connectivity index (χ3n) is 1.17. The smallest absolute Gasteiger partial charge is 0 e.